The Morgan fingerprint density at radius 2 is 0.686 bits per heavy atom. The number of rotatable bonds is 6. The summed E-state index contributed by atoms with van der Waals surface area (Å²) in [4.78, 5) is 14.9. The molecule has 0 aliphatic heterocycles. The van der Waals surface area contributed by atoms with Gasteiger partial charge >= 0.3 is 0 Å². The number of benzene rings is 7. The molecule has 0 spiro atoms. The van der Waals surface area contributed by atoms with Crippen LogP contribution in [0.4, 0.5) is 0 Å². The molecule has 4 nitrogen and oxygen atoms in total. The fraction of sp³-hybridized carbons (Fsp3) is 0.0426. The molecule has 0 amide bonds. The van der Waals surface area contributed by atoms with Crippen molar-refractivity contribution in [1.29, 1.82) is 0 Å². The highest BCUT2D eigenvalue weighted by atomic mass is 15.0. The molecule has 7 aromatic carbocycles. The fourth-order valence-corrected chi connectivity index (χ4v) is 7.26. The summed E-state index contributed by atoms with van der Waals surface area (Å²) < 4.78 is 2.43. The molecule has 0 saturated carbocycles. The Kier molecular flexibility index (Phi) is 7.55. The van der Waals surface area contributed by atoms with E-state index >= 15 is 0 Å². The molecule has 242 valence electrons. The molecular weight excluding hydrogens is 621 g/mol. The number of aromatic nitrogens is 4. The number of fused-ring (bicyclic) bond motifs is 3. The maximum Gasteiger partial charge on any atom is 0.164 e. The van der Waals surface area contributed by atoms with Crippen molar-refractivity contribution in [3.8, 4) is 62.1 Å². The van der Waals surface area contributed by atoms with Crippen molar-refractivity contribution in [2.24, 2.45) is 0 Å². The fourth-order valence-electron chi connectivity index (χ4n) is 7.26. The molecule has 0 radical (unpaired) electrons. The lowest BCUT2D eigenvalue weighted by Gasteiger charge is -2.17. The highest BCUT2D eigenvalue weighted by Crippen LogP contribution is 2.39. The van der Waals surface area contributed by atoms with Crippen LogP contribution in [-0.2, 0) is 0 Å². The summed E-state index contributed by atoms with van der Waals surface area (Å²) in [7, 11) is 0. The van der Waals surface area contributed by atoms with Gasteiger partial charge in [-0.25, -0.2) is 15.0 Å². The van der Waals surface area contributed by atoms with Crippen molar-refractivity contribution in [2.75, 3.05) is 0 Å². The van der Waals surface area contributed by atoms with Crippen LogP contribution in [0, 0.1) is 13.8 Å². The molecule has 0 aliphatic rings. The van der Waals surface area contributed by atoms with Gasteiger partial charge in [0.15, 0.2) is 17.5 Å². The monoisotopic (exact) mass is 654 g/mol. The molecule has 0 fully saturated rings. The van der Waals surface area contributed by atoms with E-state index in [2.05, 4.69) is 128 Å². The molecule has 0 atom stereocenters. The van der Waals surface area contributed by atoms with E-state index in [4.69, 9.17) is 15.0 Å². The Morgan fingerprint density at radius 1 is 0.333 bits per heavy atom. The average molecular weight is 655 g/mol. The lowest BCUT2D eigenvalue weighted by atomic mass is 10.0. The van der Waals surface area contributed by atoms with Gasteiger partial charge in [-0.05, 0) is 83.6 Å². The Hall–Kier alpha value is -6.65. The van der Waals surface area contributed by atoms with Crippen molar-refractivity contribution in [3.05, 3.63) is 181 Å². The SMILES string of the molecule is Cc1cc(-c2nc(-c3ccccc3)nc(-c3ccccc3)n2)cc(C)c1-n1c2ccc(-c3ccccc3)cc2c2cc(-c3ccccc3)ccc21. The Morgan fingerprint density at radius 3 is 1.08 bits per heavy atom. The first-order valence-electron chi connectivity index (χ1n) is 17.3. The van der Waals surface area contributed by atoms with E-state index in [1.54, 1.807) is 0 Å². The van der Waals surface area contributed by atoms with Gasteiger partial charge in [-0.1, -0.05) is 133 Å². The standard InChI is InChI=1S/C47H34N4/c1-31-27-39(47-49-45(35-19-11-5-12-20-35)48-46(50-47)36-21-13-6-14-22-36)28-32(2)44(31)51-42-25-23-37(33-15-7-3-8-16-33)29-40(42)41-30-38(24-26-43(41)51)34-17-9-4-10-18-34/h3-30H,1-2H3. The second kappa shape index (κ2) is 12.7. The van der Waals surface area contributed by atoms with Gasteiger partial charge < -0.3 is 4.57 Å². The molecule has 2 heterocycles. The zero-order chi connectivity index (χ0) is 34.3. The molecule has 0 saturated heterocycles. The highest BCUT2D eigenvalue weighted by Gasteiger charge is 2.19. The predicted molar refractivity (Wildman–Crippen MR) is 211 cm³/mol. The summed E-state index contributed by atoms with van der Waals surface area (Å²) >= 11 is 0. The van der Waals surface area contributed by atoms with Gasteiger partial charge in [0, 0.05) is 27.5 Å². The lowest BCUT2D eigenvalue weighted by molar-refractivity contribution is 1.07. The quantitative estimate of drug-likeness (QED) is 0.179. The summed E-state index contributed by atoms with van der Waals surface area (Å²) in [5, 5.41) is 2.45. The Labute approximate surface area is 297 Å². The minimum Gasteiger partial charge on any atom is -0.309 e. The molecule has 2 aromatic heterocycles. The molecule has 9 aromatic rings. The third-order valence-electron chi connectivity index (χ3n) is 9.65. The highest BCUT2D eigenvalue weighted by molar-refractivity contribution is 6.12. The molecule has 0 N–H and O–H groups in total. The normalized spacial score (nSPS) is 11.3. The second-order valence-corrected chi connectivity index (χ2v) is 13.0. The predicted octanol–water partition coefficient (Wildman–Crippen LogP) is 11.9. The van der Waals surface area contributed by atoms with Crippen LogP contribution in [0.15, 0.2) is 170 Å². The summed E-state index contributed by atoms with van der Waals surface area (Å²) in [6, 6.07) is 59.7. The zero-order valence-corrected chi connectivity index (χ0v) is 28.5. The topological polar surface area (TPSA) is 43.6 Å². The minimum atomic E-state index is 0.655. The van der Waals surface area contributed by atoms with E-state index in [1.807, 2.05) is 60.7 Å². The van der Waals surface area contributed by atoms with Gasteiger partial charge in [0.1, 0.15) is 0 Å². The zero-order valence-electron chi connectivity index (χ0n) is 28.5. The van der Waals surface area contributed by atoms with Crippen molar-refractivity contribution in [2.45, 2.75) is 13.8 Å². The molecule has 4 heteroatoms. The Bertz CT molecular complexity index is 2500. The van der Waals surface area contributed by atoms with Gasteiger partial charge in [-0.3, -0.25) is 0 Å². The van der Waals surface area contributed by atoms with Gasteiger partial charge in [-0.15, -0.1) is 0 Å². The molecule has 0 bridgehead atoms. The van der Waals surface area contributed by atoms with Gasteiger partial charge in [0.05, 0.1) is 16.7 Å². The molecule has 0 unspecified atom stereocenters. The summed E-state index contributed by atoms with van der Waals surface area (Å²) in [6.07, 6.45) is 0. The van der Waals surface area contributed by atoms with E-state index in [9.17, 15) is 0 Å². The molecule has 9 rings (SSSR count). The van der Waals surface area contributed by atoms with Crippen LogP contribution in [-0.4, -0.2) is 19.5 Å². The van der Waals surface area contributed by atoms with Crippen LogP contribution in [0.1, 0.15) is 11.1 Å². The lowest BCUT2D eigenvalue weighted by Crippen LogP contribution is -2.03. The average Bonchev–Trinajstić information content (AvgIpc) is 3.51. The van der Waals surface area contributed by atoms with Gasteiger partial charge in [-0.2, -0.15) is 0 Å². The van der Waals surface area contributed by atoms with Crippen LogP contribution in [0.5, 0.6) is 0 Å². The van der Waals surface area contributed by atoms with Crippen molar-refractivity contribution >= 4 is 21.8 Å². The third kappa shape index (κ3) is 5.57. The van der Waals surface area contributed by atoms with Crippen molar-refractivity contribution < 1.29 is 0 Å². The van der Waals surface area contributed by atoms with Crippen LogP contribution in [0.3, 0.4) is 0 Å². The van der Waals surface area contributed by atoms with Crippen molar-refractivity contribution in [1.82, 2.24) is 19.5 Å². The van der Waals surface area contributed by atoms with Crippen molar-refractivity contribution in [3.63, 3.8) is 0 Å². The van der Waals surface area contributed by atoms with E-state index < -0.39 is 0 Å². The van der Waals surface area contributed by atoms with E-state index in [-0.39, 0.29) is 0 Å². The van der Waals surface area contributed by atoms with Crippen LogP contribution >= 0.6 is 0 Å². The smallest absolute Gasteiger partial charge is 0.164 e. The maximum absolute atomic E-state index is 5.02. The molecule has 51 heavy (non-hydrogen) atoms. The molecular formula is C47H34N4. The summed E-state index contributed by atoms with van der Waals surface area (Å²) in [6.45, 7) is 4.38. The first-order chi connectivity index (χ1) is 25.1. The van der Waals surface area contributed by atoms with Gasteiger partial charge in [0.25, 0.3) is 0 Å². The number of hydrogen-bond acceptors (Lipinski definition) is 3. The Balaban J connectivity index is 1.24. The molecule has 0 aliphatic carbocycles. The van der Waals surface area contributed by atoms with E-state index in [0.717, 1.165) is 27.8 Å². The second-order valence-electron chi connectivity index (χ2n) is 13.0. The van der Waals surface area contributed by atoms with Gasteiger partial charge in [0.2, 0.25) is 0 Å². The number of nitrogens with zero attached hydrogens (tertiary/aromatic N) is 4. The van der Waals surface area contributed by atoms with E-state index in [0.29, 0.717) is 17.5 Å². The number of aryl methyl sites for hydroxylation is 2. The largest absolute Gasteiger partial charge is 0.309 e. The summed E-state index contributed by atoms with van der Waals surface area (Å²) in [5.41, 5.74) is 13.5. The first-order valence-corrected chi connectivity index (χ1v) is 17.3. The number of hydrogen-bond donors (Lipinski definition) is 0. The third-order valence-corrected chi connectivity index (χ3v) is 9.65. The first kappa shape index (κ1) is 30.4. The maximum atomic E-state index is 5.02. The minimum absolute atomic E-state index is 0.655. The van der Waals surface area contributed by atoms with Crippen LogP contribution in [0.2, 0.25) is 0 Å². The van der Waals surface area contributed by atoms with Crippen LogP contribution in [0.25, 0.3) is 83.9 Å². The van der Waals surface area contributed by atoms with E-state index in [1.165, 1.54) is 49.7 Å². The van der Waals surface area contributed by atoms with Crippen LogP contribution < -0.4 is 0 Å². The summed E-state index contributed by atoms with van der Waals surface area (Å²) in [5.74, 6) is 1.97.